The Bertz CT molecular complexity index is 238. The molecule has 0 aliphatic heterocycles. The number of allylic oxidation sites excluding steroid dienone is 3. The second kappa shape index (κ2) is 9.32. The fourth-order valence-electron chi connectivity index (χ4n) is 2.10. The molecule has 0 N–H and O–H groups in total. The third-order valence-electron chi connectivity index (χ3n) is 3.22. The summed E-state index contributed by atoms with van der Waals surface area (Å²) >= 11 is 0. The van der Waals surface area contributed by atoms with E-state index in [9.17, 15) is 0 Å². The lowest BCUT2D eigenvalue weighted by Crippen LogP contribution is -1.93. The van der Waals surface area contributed by atoms with Gasteiger partial charge in [-0.3, -0.25) is 0 Å². The van der Waals surface area contributed by atoms with E-state index in [1.807, 2.05) is 6.26 Å². The normalized spacial score (nSPS) is 17.9. The Morgan fingerprint density at radius 3 is 2.71 bits per heavy atom. The van der Waals surface area contributed by atoms with Crippen LogP contribution in [0, 0.1) is 5.92 Å². The molecule has 0 aromatic carbocycles. The number of ether oxygens (including phenoxy) is 1. The minimum absolute atomic E-state index is 0.857. The van der Waals surface area contributed by atoms with Crippen LogP contribution >= 0.6 is 0 Å². The van der Waals surface area contributed by atoms with Crippen molar-refractivity contribution in [3.8, 4) is 0 Å². The Morgan fingerprint density at radius 1 is 1.18 bits per heavy atom. The average Bonchev–Trinajstić information content (AvgIpc) is 2.33. The Labute approximate surface area is 107 Å². The third-order valence-corrected chi connectivity index (χ3v) is 3.22. The molecule has 0 amide bonds. The first-order valence-electron chi connectivity index (χ1n) is 7.23. The first kappa shape index (κ1) is 14.3. The molecule has 0 radical (unpaired) electrons. The van der Waals surface area contributed by atoms with E-state index < -0.39 is 0 Å². The maximum Gasteiger partial charge on any atom is 0.0873 e. The van der Waals surface area contributed by atoms with Gasteiger partial charge in [-0.1, -0.05) is 51.7 Å². The van der Waals surface area contributed by atoms with E-state index in [1.165, 1.54) is 50.5 Å². The van der Waals surface area contributed by atoms with Crippen molar-refractivity contribution in [3.05, 3.63) is 24.0 Å². The van der Waals surface area contributed by atoms with Crippen molar-refractivity contribution < 1.29 is 4.74 Å². The molecule has 0 atom stereocenters. The summed E-state index contributed by atoms with van der Waals surface area (Å²) in [5, 5.41) is 0. The molecule has 0 aromatic heterocycles. The molecule has 0 spiro atoms. The molecule has 0 saturated carbocycles. The van der Waals surface area contributed by atoms with Crippen LogP contribution in [0.4, 0.5) is 0 Å². The Balaban J connectivity index is 1.89. The number of unbranched alkanes of at least 4 members (excludes halogenated alkanes) is 3. The summed E-state index contributed by atoms with van der Waals surface area (Å²) < 4.78 is 5.60. The minimum atomic E-state index is 0.857. The van der Waals surface area contributed by atoms with Crippen LogP contribution in [0.2, 0.25) is 0 Å². The van der Waals surface area contributed by atoms with Crippen molar-refractivity contribution in [3.63, 3.8) is 0 Å². The fourth-order valence-corrected chi connectivity index (χ4v) is 2.10. The lowest BCUT2D eigenvalue weighted by molar-refractivity contribution is 0.236. The highest BCUT2D eigenvalue weighted by Gasteiger charge is 1.99. The van der Waals surface area contributed by atoms with E-state index >= 15 is 0 Å². The quantitative estimate of drug-likeness (QED) is 0.318. The first-order chi connectivity index (χ1) is 8.29. The molecule has 0 aromatic rings. The summed E-state index contributed by atoms with van der Waals surface area (Å²) in [6.45, 7) is 5.50. The lowest BCUT2D eigenvalue weighted by Gasteiger charge is -2.09. The zero-order valence-corrected chi connectivity index (χ0v) is 11.6. The molecule has 1 rings (SSSR count). The van der Waals surface area contributed by atoms with Crippen LogP contribution in [0.3, 0.4) is 0 Å². The average molecular weight is 236 g/mol. The van der Waals surface area contributed by atoms with Crippen molar-refractivity contribution in [2.75, 3.05) is 6.61 Å². The Hall–Kier alpha value is -0.720. The van der Waals surface area contributed by atoms with Crippen LogP contribution in [0.15, 0.2) is 24.0 Å². The van der Waals surface area contributed by atoms with Crippen LogP contribution in [0.1, 0.15) is 65.2 Å². The molecule has 0 saturated heterocycles. The second-order valence-corrected chi connectivity index (χ2v) is 5.46. The zero-order chi connectivity index (χ0) is 12.3. The van der Waals surface area contributed by atoms with Crippen molar-refractivity contribution in [1.82, 2.24) is 0 Å². The molecule has 0 unspecified atom stereocenters. The van der Waals surface area contributed by atoms with E-state index in [2.05, 4.69) is 26.0 Å². The summed E-state index contributed by atoms with van der Waals surface area (Å²) in [6.07, 6.45) is 16.6. The van der Waals surface area contributed by atoms with Gasteiger partial charge in [-0.05, 0) is 37.2 Å². The van der Waals surface area contributed by atoms with Gasteiger partial charge >= 0.3 is 0 Å². The summed E-state index contributed by atoms with van der Waals surface area (Å²) in [6, 6.07) is 0. The fraction of sp³-hybridized carbons (Fsp3) is 0.750. The molecule has 17 heavy (non-hydrogen) atoms. The Morgan fingerprint density at radius 2 is 2.00 bits per heavy atom. The van der Waals surface area contributed by atoms with Crippen molar-refractivity contribution in [1.29, 1.82) is 0 Å². The van der Waals surface area contributed by atoms with E-state index in [-0.39, 0.29) is 0 Å². The van der Waals surface area contributed by atoms with Gasteiger partial charge in [0.15, 0.2) is 0 Å². The zero-order valence-electron chi connectivity index (χ0n) is 11.6. The molecule has 1 heteroatoms. The summed E-state index contributed by atoms with van der Waals surface area (Å²) in [5.74, 6) is 0.857. The van der Waals surface area contributed by atoms with Crippen molar-refractivity contribution >= 4 is 0 Å². The summed E-state index contributed by atoms with van der Waals surface area (Å²) in [7, 11) is 0. The second-order valence-electron chi connectivity index (χ2n) is 5.46. The van der Waals surface area contributed by atoms with E-state index in [1.54, 1.807) is 0 Å². The van der Waals surface area contributed by atoms with E-state index in [0.29, 0.717) is 0 Å². The predicted octanol–water partition coefficient (Wildman–Crippen LogP) is 5.23. The van der Waals surface area contributed by atoms with Crippen LogP contribution < -0.4 is 0 Å². The molecule has 98 valence electrons. The van der Waals surface area contributed by atoms with Gasteiger partial charge in [0.05, 0.1) is 12.9 Å². The topological polar surface area (TPSA) is 9.23 Å². The monoisotopic (exact) mass is 236 g/mol. The molecule has 1 nitrogen and oxygen atoms in total. The molecule has 0 bridgehead atoms. The smallest absolute Gasteiger partial charge is 0.0873 e. The van der Waals surface area contributed by atoms with Gasteiger partial charge in [0, 0.05) is 0 Å². The van der Waals surface area contributed by atoms with E-state index in [0.717, 1.165) is 18.9 Å². The minimum Gasteiger partial charge on any atom is -0.501 e. The first-order valence-corrected chi connectivity index (χ1v) is 7.23. The highest BCUT2D eigenvalue weighted by molar-refractivity contribution is 5.10. The molecule has 0 fully saturated rings. The summed E-state index contributed by atoms with van der Waals surface area (Å²) in [5.41, 5.74) is 1.45. The highest BCUT2D eigenvalue weighted by atomic mass is 16.5. The molecule has 1 aliphatic rings. The molecular weight excluding hydrogens is 208 g/mol. The largest absolute Gasteiger partial charge is 0.501 e. The van der Waals surface area contributed by atoms with Gasteiger partial charge in [0.25, 0.3) is 0 Å². The van der Waals surface area contributed by atoms with Gasteiger partial charge in [0.1, 0.15) is 0 Å². The predicted molar refractivity (Wildman–Crippen MR) is 74.9 cm³/mol. The summed E-state index contributed by atoms with van der Waals surface area (Å²) in [4.78, 5) is 0. The SMILES string of the molecule is CC(C)CCCCCCOC=C1CC=CCC1. The van der Waals surface area contributed by atoms with E-state index in [4.69, 9.17) is 4.74 Å². The number of hydrogen-bond acceptors (Lipinski definition) is 1. The molecule has 1 aliphatic carbocycles. The standard InChI is InChI=1S/C16H28O/c1-15(2)10-6-3-4-9-13-17-14-16-11-7-5-8-12-16/h5,7,14-15H,3-4,6,8-13H2,1-2H3. The number of rotatable bonds is 8. The third kappa shape index (κ3) is 8.06. The van der Waals surface area contributed by atoms with Crippen LogP contribution in [0.25, 0.3) is 0 Å². The van der Waals surface area contributed by atoms with Gasteiger partial charge < -0.3 is 4.74 Å². The van der Waals surface area contributed by atoms with Gasteiger partial charge in [0.2, 0.25) is 0 Å². The van der Waals surface area contributed by atoms with Crippen LogP contribution in [0.5, 0.6) is 0 Å². The highest BCUT2D eigenvalue weighted by Crippen LogP contribution is 2.16. The van der Waals surface area contributed by atoms with Crippen molar-refractivity contribution in [2.45, 2.75) is 65.2 Å². The van der Waals surface area contributed by atoms with Gasteiger partial charge in [-0.25, -0.2) is 0 Å². The van der Waals surface area contributed by atoms with Crippen LogP contribution in [-0.2, 0) is 4.74 Å². The number of hydrogen-bond donors (Lipinski definition) is 0. The maximum atomic E-state index is 5.60. The molecular formula is C16H28O. The maximum absolute atomic E-state index is 5.60. The molecule has 0 heterocycles. The van der Waals surface area contributed by atoms with Crippen LogP contribution in [-0.4, -0.2) is 6.61 Å². The lowest BCUT2D eigenvalue weighted by atomic mass is 10.0. The van der Waals surface area contributed by atoms with Crippen molar-refractivity contribution in [2.24, 2.45) is 5.92 Å². The van der Waals surface area contributed by atoms with Gasteiger partial charge in [-0.15, -0.1) is 0 Å². The van der Waals surface area contributed by atoms with Gasteiger partial charge in [-0.2, -0.15) is 0 Å². The Kier molecular flexibility index (Phi) is 7.87.